The third-order valence-corrected chi connectivity index (χ3v) is 5.66. The average Bonchev–Trinajstić information content (AvgIpc) is 2.99. The number of allylic oxidation sites excluding steroid dienone is 1. The molecule has 0 saturated carbocycles. The lowest BCUT2D eigenvalue weighted by molar-refractivity contribution is 0.154. The highest BCUT2D eigenvalue weighted by Crippen LogP contribution is 2.35. The van der Waals surface area contributed by atoms with Crippen LogP contribution in [0.1, 0.15) is 37.8 Å². The number of urea groups is 1. The van der Waals surface area contributed by atoms with Crippen molar-refractivity contribution in [3.8, 4) is 5.75 Å². The van der Waals surface area contributed by atoms with Gasteiger partial charge in [-0.25, -0.2) is 4.79 Å². The summed E-state index contributed by atoms with van der Waals surface area (Å²) in [5, 5.41) is 3.52. The number of benzene rings is 2. The van der Waals surface area contributed by atoms with Crippen LogP contribution in [0.25, 0.3) is 5.57 Å². The van der Waals surface area contributed by atoms with Gasteiger partial charge in [-0.05, 0) is 54.3 Å². The first-order valence-corrected chi connectivity index (χ1v) is 10.2. The molecule has 0 bridgehead atoms. The zero-order chi connectivity index (χ0) is 21.7. The molecule has 3 rings (SSSR count). The van der Waals surface area contributed by atoms with E-state index in [9.17, 15) is 4.79 Å². The third kappa shape index (κ3) is 4.32. The van der Waals surface area contributed by atoms with Gasteiger partial charge in [0.15, 0.2) is 0 Å². The molecule has 2 aromatic rings. The number of nitrogens with zero attached hydrogens (tertiary/aromatic N) is 3. The van der Waals surface area contributed by atoms with Crippen molar-refractivity contribution in [1.29, 1.82) is 0 Å². The van der Waals surface area contributed by atoms with E-state index in [1.165, 1.54) is 6.21 Å². The molecule has 1 fully saturated rings. The second-order valence-corrected chi connectivity index (χ2v) is 7.90. The summed E-state index contributed by atoms with van der Waals surface area (Å²) in [4.78, 5) is 17.3. The van der Waals surface area contributed by atoms with Gasteiger partial charge in [-0.2, -0.15) is 5.10 Å². The Labute approximate surface area is 178 Å². The summed E-state index contributed by atoms with van der Waals surface area (Å²) < 4.78 is 5.35. The summed E-state index contributed by atoms with van der Waals surface area (Å²) in [7, 11) is 1.65. The molecule has 0 radical (unpaired) electrons. The number of hydrogen-bond donors (Lipinski definition) is 1. The van der Waals surface area contributed by atoms with Crippen LogP contribution in [-0.4, -0.2) is 36.3 Å². The highest BCUT2D eigenvalue weighted by Gasteiger charge is 2.46. The first kappa shape index (κ1) is 21.4. The van der Waals surface area contributed by atoms with Crippen molar-refractivity contribution < 1.29 is 9.53 Å². The Morgan fingerprint density at radius 1 is 1.30 bits per heavy atom. The maximum Gasteiger partial charge on any atom is 0.325 e. The summed E-state index contributed by atoms with van der Waals surface area (Å²) in [5.41, 5.74) is 3.33. The predicted octanol–water partition coefficient (Wildman–Crippen LogP) is 4.65. The molecule has 1 aliphatic rings. The molecule has 1 heterocycles. The molecular formula is C24H30N4O2. The molecule has 30 heavy (non-hydrogen) atoms. The normalized spacial score (nSPS) is 19.0. The van der Waals surface area contributed by atoms with Gasteiger partial charge in [-0.3, -0.25) is 4.90 Å². The van der Waals surface area contributed by atoms with Crippen LogP contribution in [0.2, 0.25) is 0 Å². The fourth-order valence-corrected chi connectivity index (χ4v) is 4.06. The van der Waals surface area contributed by atoms with Gasteiger partial charge in [0.25, 0.3) is 0 Å². The molecule has 1 aliphatic heterocycles. The maximum atomic E-state index is 13.4. The van der Waals surface area contributed by atoms with Crippen molar-refractivity contribution in [1.82, 2.24) is 4.90 Å². The lowest BCUT2D eigenvalue weighted by atomic mass is 9.94. The molecule has 2 aromatic carbocycles. The minimum atomic E-state index is -0.247. The van der Waals surface area contributed by atoms with Gasteiger partial charge >= 0.3 is 6.03 Å². The lowest BCUT2D eigenvalue weighted by Crippen LogP contribution is -2.43. The van der Waals surface area contributed by atoms with Crippen molar-refractivity contribution in [3.05, 3.63) is 66.2 Å². The number of anilines is 1. The highest BCUT2D eigenvalue weighted by molar-refractivity contribution is 6.08. The Hall–Kier alpha value is -3.28. The average molecular weight is 407 g/mol. The summed E-state index contributed by atoms with van der Waals surface area (Å²) in [6, 6.07) is 15.7. The Bertz CT molecular complexity index is 938. The fourth-order valence-electron chi connectivity index (χ4n) is 4.06. The van der Waals surface area contributed by atoms with Crippen molar-refractivity contribution in [3.63, 3.8) is 0 Å². The Morgan fingerprint density at radius 3 is 2.67 bits per heavy atom. The summed E-state index contributed by atoms with van der Waals surface area (Å²) in [6.45, 7) is 9.47. The Balaban J connectivity index is 1.87. The minimum absolute atomic E-state index is 0.0175. The van der Waals surface area contributed by atoms with Gasteiger partial charge in [0.2, 0.25) is 0 Å². The summed E-state index contributed by atoms with van der Waals surface area (Å²) in [5.74, 6) is 6.01. The Morgan fingerprint density at radius 2 is 2.03 bits per heavy atom. The highest BCUT2D eigenvalue weighted by atomic mass is 16.5. The third-order valence-electron chi connectivity index (χ3n) is 5.66. The van der Waals surface area contributed by atoms with Crippen LogP contribution in [0.5, 0.6) is 5.75 Å². The van der Waals surface area contributed by atoms with E-state index >= 15 is 0 Å². The molecule has 6 heteroatoms. The number of ether oxygens (including phenoxy) is 1. The van der Waals surface area contributed by atoms with Gasteiger partial charge in [-0.1, -0.05) is 44.2 Å². The molecule has 2 N–H and O–H groups in total. The zero-order valence-electron chi connectivity index (χ0n) is 18.0. The number of methoxy groups -OCH3 is 1. The van der Waals surface area contributed by atoms with Crippen LogP contribution in [-0.2, 0) is 6.54 Å². The van der Waals surface area contributed by atoms with E-state index in [1.807, 2.05) is 58.3 Å². The van der Waals surface area contributed by atoms with Crippen molar-refractivity contribution in [2.75, 3.05) is 18.6 Å². The molecular weight excluding hydrogens is 376 g/mol. The van der Waals surface area contributed by atoms with Crippen LogP contribution in [0.3, 0.4) is 0 Å². The minimum Gasteiger partial charge on any atom is -0.497 e. The zero-order valence-corrected chi connectivity index (χ0v) is 18.0. The molecule has 0 aromatic heterocycles. The number of hydrogen-bond acceptors (Lipinski definition) is 4. The summed E-state index contributed by atoms with van der Waals surface area (Å²) >= 11 is 0. The largest absolute Gasteiger partial charge is 0.497 e. The predicted molar refractivity (Wildman–Crippen MR) is 123 cm³/mol. The topological polar surface area (TPSA) is 71.2 Å². The van der Waals surface area contributed by atoms with Crippen LogP contribution in [0.15, 0.2) is 60.2 Å². The quantitative estimate of drug-likeness (QED) is 0.394. The first-order chi connectivity index (χ1) is 14.4. The summed E-state index contributed by atoms with van der Waals surface area (Å²) in [6.07, 6.45) is 3.45. The number of amides is 2. The second kappa shape index (κ2) is 9.03. The van der Waals surface area contributed by atoms with E-state index in [0.29, 0.717) is 13.1 Å². The smallest absolute Gasteiger partial charge is 0.325 e. The van der Waals surface area contributed by atoms with E-state index in [1.54, 1.807) is 7.11 Å². The SMILES string of the molecule is C=C(/C=N\N)c1ccc(N2CC(C)(CCC)N(Cc3cccc(OC)c3)C2=O)cc1. The molecule has 1 saturated heterocycles. The van der Waals surface area contributed by atoms with E-state index in [-0.39, 0.29) is 11.6 Å². The molecule has 2 amide bonds. The van der Waals surface area contributed by atoms with Gasteiger partial charge in [0.1, 0.15) is 5.75 Å². The van der Waals surface area contributed by atoms with Gasteiger partial charge in [-0.15, -0.1) is 0 Å². The van der Waals surface area contributed by atoms with Crippen molar-refractivity contribution in [2.45, 2.75) is 38.8 Å². The van der Waals surface area contributed by atoms with Crippen LogP contribution >= 0.6 is 0 Å². The van der Waals surface area contributed by atoms with Crippen LogP contribution < -0.4 is 15.5 Å². The van der Waals surface area contributed by atoms with Gasteiger partial charge in [0, 0.05) is 12.2 Å². The number of carbonyl (C=O) groups is 1. The van der Waals surface area contributed by atoms with E-state index in [0.717, 1.165) is 41.0 Å². The number of nitrogens with two attached hydrogens (primary N) is 1. The molecule has 158 valence electrons. The van der Waals surface area contributed by atoms with Crippen molar-refractivity contribution >= 4 is 23.5 Å². The van der Waals surface area contributed by atoms with Crippen LogP contribution in [0, 0.1) is 0 Å². The monoisotopic (exact) mass is 406 g/mol. The first-order valence-electron chi connectivity index (χ1n) is 10.2. The van der Waals surface area contributed by atoms with E-state index in [2.05, 4.69) is 25.5 Å². The molecule has 0 aliphatic carbocycles. The maximum absolute atomic E-state index is 13.4. The van der Waals surface area contributed by atoms with E-state index in [4.69, 9.17) is 10.6 Å². The second-order valence-electron chi connectivity index (χ2n) is 7.90. The van der Waals surface area contributed by atoms with Gasteiger partial charge in [0.05, 0.1) is 25.4 Å². The number of carbonyl (C=O) groups excluding carboxylic acids is 1. The number of rotatable bonds is 8. The molecule has 1 unspecified atom stereocenters. The van der Waals surface area contributed by atoms with Crippen molar-refractivity contribution in [2.24, 2.45) is 10.9 Å². The molecule has 0 spiro atoms. The van der Waals surface area contributed by atoms with Gasteiger partial charge < -0.3 is 15.5 Å². The standard InChI is InChI=1S/C24H30N4O2/c1-5-13-24(3)17-27(21-11-9-20(10-12-21)18(2)15-26-25)23(29)28(24)16-19-7-6-8-22(14-19)30-4/h6-12,14-15H,2,5,13,16-17,25H2,1,3-4H3/b26-15-. The van der Waals surface area contributed by atoms with Crippen LogP contribution in [0.4, 0.5) is 10.5 Å². The Kier molecular flexibility index (Phi) is 6.45. The molecule has 1 atom stereocenters. The van der Waals surface area contributed by atoms with E-state index < -0.39 is 0 Å². The lowest BCUT2D eigenvalue weighted by Gasteiger charge is -2.33. The number of hydrazone groups is 1. The molecule has 6 nitrogen and oxygen atoms in total. The fraction of sp³-hybridized carbons (Fsp3) is 0.333.